The van der Waals surface area contributed by atoms with E-state index in [1.165, 1.54) is 40.7 Å². The first-order chi connectivity index (χ1) is 11.8. The molecule has 3 aromatic rings. The summed E-state index contributed by atoms with van der Waals surface area (Å²) in [4.78, 5) is 11.0. The molecule has 0 aliphatic heterocycles. The van der Waals surface area contributed by atoms with Crippen LogP contribution in [-0.2, 0) is 24.3 Å². The maximum absolute atomic E-state index is 6.09. The molecule has 3 nitrogen and oxygen atoms in total. The molecule has 0 unspecified atom stereocenters. The highest BCUT2D eigenvalue weighted by Gasteiger charge is 2.20. The van der Waals surface area contributed by atoms with Crippen molar-refractivity contribution in [2.45, 2.75) is 32.3 Å². The Labute approximate surface area is 142 Å². The van der Waals surface area contributed by atoms with E-state index in [-0.39, 0.29) is 0 Å². The molecule has 4 rings (SSSR count). The largest absolute Gasteiger partial charge is 0.269 e. The van der Waals surface area contributed by atoms with Crippen LogP contribution in [0.5, 0.6) is 0 Å². The van der Waals surface area contributed by atoms with Crippen LogP contribution in [0, 0.1) is 0 Å². The van der Waals surface area contributed by atoms with E-state index in [4.69, 9.17) is 9.82 Å². The number of aromatic nitrogens is 1. The molecule has 0 fully saturated rings. The number of hydroxylamine groups is 1. The van der Waals surface area contributed by atoms with Crippen molar-refractivity contribution < 1.29 is 4.84 Å². The van der Waals surface area contributed by atoms with Gasteiger partial charge in [0.05, 0.1) is 17.8 Å². The number of para-hydroxylation sites is 1. The topological polar surface area (TPSA) is 25.4 Å². The first kappa shape index (κ1) is 15.2. The van der Waals surface area contributed by atoms with Gasteiger partial charge in [-0.1, -0.05) is 48.5 Å². The summed E-state index contributed by atoms with van der Waals surface area (Å²) >= 11 is 0. The Hall–Kier alpha value is -2.39. The van der Waals surface area contributed by atoms with Crippen molar-refractivity contribution in [2.75, 3.05) is 12.1 Å². The van der Waals surface area contributed by atoms with Crippen molar-refractivity contribution in [3.05, 3.63) is 71.4 Å². The fraction of sp³-hybridized carbons (Fsp3) is 0.286. The lowest BCUT2D eigenvalue weighted by atomic mass is 9.92. The van der Waals surface area contributed by atoms with Gasteiger partial charge in [-0.05, 0) is 42.9 Å². The molecule has 0 radical (unpaired) electrons. The van der Waals surface area contributed by atoms with Crippen LogP contribution in [0.25, 0.3) is 10.9 Å². The summed E-state index contributed by atoms with van der Waals surface area (Å²) in [5, 5.41) is 3.12. The maximum atomic E-state index is 6.09. The second-order valence-electron chi connectivity index (χ2n) is 6.37. The van der Waals surface area contributed by atoms with Gasteiger partial charge in [0.1, 0.15) is 0 Å². The summed E-state index contributed by atoms with van der Waals surface area (Å²) < 4.78 is 0. The first-order valence-corrected chi connectivity index (χ1v) is 8.64. The van der Waals surface area contributed by atoms with Crippen molar-refractivity contribution >= 4 is 16.6 Å². The monoisotopic (exact) mass is 318 g/mol. The van der Waals surface area contributed by atoms with Crippen molar-refractivity contribution in [2.24, 2.45) is 0 Å². The smallest absolute Gasteiger partial charge is 0.0999 e. The molecule has 1 aliphatic rings. The van der Waals surface area contributed by atoms with Gasteiger partial charge in [0.2, 0.25) is 0 Å². The van der Waals surface area contributed by atoms with Gasteiger partial charge in [-0.25, -0.2) is 0 Å². The number of benzene rings is 2. The van der Waals surface area contributed by atoms with E-state index in [9.17, 15) is 0 Å². The Morgan fingerprint density at radius 2 is 1.71 bits per heavy atom. The molecular weight excluding hydrogens is 296 g/mol. The quantitative estimate of drug-likeness (QED) is 0.653. The number of anilines is 1. The Morgan fingerprint density at radius 1 is 0.958 bits per heavy atom. The summed E-state index contributed by atoms with van der Waals surface area (Å²) in [6, 6.07) is 18.7. The molecule has 1 aliphatic carbocycles. The molecule has 0 N–H and O–H groups in total. The Bertz CT molecular complexity index is 845. The van der Waals surface area contributed by atoms with Gasteiger partial charge in [0.15, 0.2) is 0 Å². The molecule has 122 valence electrons. The summed E-state index contributed by atoms with van der Waals surface area (Å²) in [5.74, 6) is 0. The lowest BCUT2D eigenvalue weighted by Gasteiger charge is -2.27. The molecular formula is C21H22N2O. The number of aryl methyl sites for hydroxylation is 1. The summed E-state index contributed by atoms with van der Waals surface area (Å²) in [5.41, 5.74) is 6.02. The molecule has 2 aromatic carbocycles. The maximum Gasteiger partial charge on any atom is 0.0999 e. The predicted octanol–water partition coefficient (Wildman–Crippen LogP) is 4.68. The molecule has 0 saturated carbocycles. The second-order valence-corrected chi connectivity index (χ2v) is 6.37. The number of rotatable bonds is 4. The highest BCUT2D eigenvalue weighted by molar-refractivity contribution is 5.93. The number of hydrogen-bond donors (Lipinski definition) is 0. The van der Waals surface area contributed by atoms with Gasteiger partial charge >= 0.3 is 0 Å². The minimum Gasteiger partial charge on any atom is -0.269 e. The van der Waals surface area contributed by atoms with E-state index in [0.29, 0.717) is 6.61 Å². The van der Waals surface area contributed by atoms with Gasteiger partial charge in [-0.3, -0.25) is 14.9 Å². The van der Waals surface area contributed by atoms with E-state index in [0.717, 1.165) is 18.4 Å². The molecule has 0 saturated heterocycles. The Morgan fingerprint density at radius 3 is 2.58 bits per heavy atom. The molecule has 0 atom stereocenters. The van der Waals surface area contributed by atoms with Gasteiger partial charge in [-0.15, -0.1) is 0 Å². The van der Waals surface area contributed by atoms with Gasteiger partial charge < -0.3 is 0 Å². The van der Waals surface area contributed by atoms with Crippen LogP contribution in [0.2, 0.25) is 0 Å². The van der Waals surface area contributed by atoms with Crippen molar-refractivity contribution in [1.29, 1.82) is 0 Å². The van der Waals surface area contributed by atoms with E-state index >= 15 is 0 Å². The van der Waals surface area contributed by atoms with E-state index in [1.54, 1.807) is 0 Å². The second kappa shape index (κ2) is 6.62. The highest BCUT2D eigenvalue weighted by Crippen LogP contribution is 2.35. The van der Waals surface area contributed by atoms with Crippen molar-refractivity contribution in [3.8, 4) is 0 Å². The summed E-state index contributed by atoms with van der Waals surface area (Å²) in [6.07, 6.45) is 4.61. The fourth-order valence-electron chi connectivity index (χ4n) is 3.52. The zero-order chi connectivity index (χ0) is 16.4. The normalized spacial score (nSPS) is 13.7. The molecule has 1 aromatic heterocycles. The lowest BCUT2D eigenvalue weighted by Crippen LogP contribution is -2.22. The third-order valence-electron chi connectivity index (χ3n) is 4.72. The molecule has 0 bridgehead atoms. The predicted molar refractivity (Wildman–Crippen MR) is 98.0 cm³/mol. The van der Waals surface area contributed by atoms with Crippen LogP contribution < -0.4 is 5.06 Å². The van der Waals surface area contributed by atoms with Crippen LogP contribution in [0.4, 0.5) is 5.69 Å². The van der Waals surface area contributed by atoms with Crippen LogP contribution in [-0.4, -0.2) is 12.0 Å². The minimum atomic E-state index is 0.572. The number of nitrogens with zero attached hydrogens (tertiary/aromatic N) is 2. The fourth-order valence-corrected chi connectivity index (χ4v) is 3.52. The highest BCUT2D eigenvalue weighted by atomic mass is 16.7. The number of pyridine rings is 1. The SMILES string of the molecule is CN(OCc1ccccc1)c1c2c(nc3ccccc13)CCCC2. The molecule has 0 amide bonds. The summed E-state index contributed by atoms with van der Waals surface area (Å²) in [7, 11) is 2.01. The van der Waals surface area contributed by atoms with Gasteiger partial charge in [-0.2, -0.15) is 0 Å². The van der Waals surface area contributed by atoms with Crippen molar-refractivity contribution in [1.82, 2.24) is 4.98 Å². The minimum absolute atomic E-state index is 0.572. The van der Waals surface area contributed by atoms with E-state index in [2.05, 4.69) is 36.4 Å². The summed E-state index contributed by atoms with van der Waals surface area (Å²) in [6.45, 7) is 0.572. The van der Waals surface area contributed by atoms with Crippen LogP contribution in [0.15, 0.2) is 54.6 Å². The third kappa shape index (κ3) is 2.87. The van der Waals surface area contributed by atoms with E-state index < -0.39 is 0 Å². The molecule has 1 heterocycles. The zero-order valence-corrected chi connectivity index (χ0v) is 14.0. The van der Waals surface area contributed by atoms with Crippen LogP contribution in [0.3, 0.4) is 0 Å². The first-order valence-electron chi connectivity index (χ1n) is 8.64. The van der Waals surface area contributed by atoms with E-state index in [1.807, 2.05) is 30.3 Å². The average Bonchev–Trinajstić information content (AvgIpc) is 2.65. The molecule has 3 heteroatoms. The number of fused-ring (bicyclic) bond motifs is 2. The zero-order valence-electron chi connectivity index (χ0n) is 14.0. The van der Waals surface area contributed by atoms with Gasteiger partial charge in [0, 0.05) is 18.1 Å². The Balaban J connectivity index is 1.71. The third-order valence-corrected chi connectivity index (χ3v) is 4.72. The molecule has 0 spiro atoms. The van der Waals surface area contributed by atoms with Crippen LogP contribution in [0.1, 0.15) is 29.7 Å². The van der Waals surface area contributed by atoms with Crippen LogP contribution >= 0.6 is 0 Å². The molecule has 24 heavy (non-hydrogen) atoms. The lowest BCUT2D eigenvalue weighted by molar-refractivity contribution is 0.108. The average molecular weight is 318 g/mol. The van der Waals surface area contributed by atoms with Gasteiger partial charge in [0.25, 0.3) is 0 Å². The number of hydrogen-bond acceptors (Lipinski definition) is 3. The van der Waals surface area contributed by atoms with Crippen molar-refractivity contribution in [3.63, 3.8) is 0 Å². The standard InChI is InChI=1S/C21H22N2O/c1-23(24-15-16-9-3-2-4-10-16)21-17-11-5-7-13-19(17)22-20-14-8-6-12-18(20)21/h2-5,7,9-11,13H,6,8,12,14-15H2,1H3. The Kier molecular flexibility index (Phi) is 4.18.